The molecule has 0 spiro atoms. The van der Waals surface area contributed by atoms with Crippen LogP contribution in [0.1, 0.15) is 25.1 Å². The molecule has 1 aliphatic rings. The first-order valence-corrected chi connectivity index (χ1v) is 9.59. The van der Waals surface area contributed by atoms with E-state index < -0.39 is 0 Å². The van der Waals surface area contributed by atoms with Crippen molar-refractivity contribution in [2.24, 2.45) is 10.9 Å². The van der Waals surface area contributed by atoms with Crippen LogP contribution in [-0.2, 0) is 16.1 Å². The number of hydrogen-bond donors (Lipinski definition) is 1. The molecule has 2 aromatic rings. The first-order valence-electron chi connectivity index (χ1n) is 9.59. The molecule has 0 atom stereocenters. The number of nitrogens with one attached hydrogen (secondary N) is 1. The monoisotopic (exact) mass is 371 g/mol. The van der Waals surface area contributed by atoms with Gasteiger partial charge in [0.25, 0.3) is 0 Å². The van der Waals surface area contributed by atoms with Gasteiger partial charge < -0.3 is 19.5 Å². The van der Waals surface area contributed by atoms with E-state index in [2.05, 4.69) is 49.9 Å². The normalized spacial score (nSPS) is 16.0. The lowest BCUT2D eigenvalue weighted by Gasteiger charge is -2.33. The standard InChI is InChI=1S/C20H29N5O2/c1-15-23-17-7-4-5-8-18(17)25(15)12-6-11-22-20(21-2)24-13-9-16(10-14-24)19(26)27-3/h4-5,7-8,16H,6,9-14H2,1-3H3,(H,21,22). The lowest BCUT2D eigenvalue weighted by molar-refractivity contribution is -0.146. The minimum absolute atomic E-state index is 0.0156. The number of likely N-dealkylation sites (tertiary alicyclic amines) is 1. The van der Waals surface area contributed by atoms with Gasteiger partial charge in [0.05, 0.1) is 24.1 Å². The SMILES string of the molecule is CN=C(NCCCn1c(C)nc2ccccc21)N1CCC(C(=O)OC)CC1. The van der Waals surface area contributed by atoms with Crippen molar-refractivity contribution in [3.8, 4) is 0 Å². The second-order valence-corrected chi connectivity index (χ2v) is 6.91. The molecule has 1 aromatic heterocycles. The minimum Gasteiger partial charge on any atom is -0.469 e. The van der Waals surface area contributed by atoms with Gasteiger partial charge in [-0.05, 0) is 38.3 Å². The van der Waals surface area contributed by atoms with E-state index in [0.717, 1.165) is 62.7 Å². The van der Waals surface area contributed by atoms with Crippen molar-refractivity contribution in [1.29, 1.82) is 0 Å². The number of para-hydroxylation sites is 2. The third kappa shape index (κ3) is 4.40. The number of benzene rings is 1. The number of carbonyl (C=O) groups is 1. The fraction of sp³-hybridized carbons (Fsp3) is 0.550. The maximum Gasteiger partial charge on any atom is 0.308 e. The lowest BCUT2D eigenvalue weighted by atomic mass is 9.97. The zero-order valence-corrected chi connectivity index (χ0v) is 16.4. The second-order valence-electron chi connectivity index (χ2n) is 6.91. The van der Waals surface area contributed by atoms with Gasteiger partial charge in [0.15, 0.2) is 5.96 Å². The van der Waals surface area contributed by atoms with E-state index >= 15 is 0 Å². The summed E-state index contributed by atoms with van der Waals surface area (Å²) in [5.74, 6) is 1.87. The Labute approximate surface area is 160 Å². The number of imidazole rings is 1. The molecule has 1 aliphatic heterocycles. The molecule has 0 unspecified atom stereocenters. The van der Waals surface area contributed by atoms with Crippen molar-refractivity contribution in [3.63, 3.8) is 0 Å². The number of piperidine rings is 1. The molecule has 7 heteroatoms. The molecule has 1 N–H and O–H groups in total. The summed E-state index contributed by atoms with van der Waals surface area (Å²) in [4.78, 5) is 22.9. The van der Waals surface area contributed by atoms with Gasteiger partial charge in [-0.2, -0.15) is 0 Å². The molecule has 1 aromatic carbocycles. The Balaban J connectivity index is 1.48. The summed E-state index contributed by atoms with van der Waals surface area (Å²) in [6, 6.07) is 8.25. The number of aromatic nitrogens is 2. The highest BCUT2D eigenvalue weighted by Gasteiger charge is 2.26. The molecular formula is C20H29N5O2. The third-order valence-electron chi connectivity index (χ3n) is 5.23. The van der Waals surface area contributed by atoms with Gasteiger partial charge in [-0.1, -0.05) is 12.1 Å². The zero-order valence-electron chi connectivity index (χ0n) is 16.4. The fourth-order valence-electron chi connectivity index (χ4n) is 3.74. The van der Waals surface area contributed by atoms with Crippen LogP contribution >= 0.6 is 0 Å². The Morgan fingerprint density at radius 2 is 2.07 bits per heavy atom. The first kappa shape index (κ1) is 19.2. The Bertz CT molecular complexity index is 806. The maximum absolute atomic E-state index is 11.7. The van der Waals surface area contributed by atoms with E-state index in [1.165, 1.54) is 12.6 Å². The first-order chi connectivity index (χ1) is 13.1. The van der Waals surface area contributed by atoms with Crippen molar-refractivity contribution in [1.82, 2.24) is 19.8 Å². The highest BCUT2D eigenvalue weighted by molar-refractivity contribution is 5.80. The van der Waals surface area contributed by atoms with Gasteiger partial charge in [-0.25, -0.2) is 4.98 Å². The van der Waals surface area contributed by atoms with Crippen LogP contribution in [0.25, 0.3) is 11.0 Å². The predicted molar refractivity (Wildman–Crippen MR) is 107 cm³/mol. The number of nitrogens with zero attached hydrogens (tertiary/aromatic N) is 4. The van der Waals surface area contributed by atoms with Crippen LogP contribution in [0.2, 0.25) is 0 Å². The lowest BCUT2D eigenvalue weighted by Crippen LogP contribution is -2.47. The molecule has 2 heterocycles. The van der Waals surface area contributed by atoms with Gasteiger partial charge in [-0.15, -0.1) is 0 Å². The van der Waals surface area contributed by atoms with Crippen molar-refractivity contribution in [2.45, 2.75) is 32.7 Å². The number of esters is 1. The van der Waals surface area contributed by atoms with E-state index in [4.69, 9.17) is 4.74 Å². The molecule has 27 heavy (non-hydrogen) atoms. The Morgan fingerprint density at radius 1 is 1.33 bits per heavy atom. The van der Waals surface area contributed by atoms with Crippen LogP contribution in [0, 0.1) is 12.8 Å². The van der Waals surface area contributed by atoms with Crippen LogP contribution in [-0.4, -0.2) is 60.2 Å². The topological polar surface area (TPSA) is 71.8 Å². The largest absolute Gasteiger partial charge is 0.469 e. The molecule has 3 rings (SSSR count). The molecule has 7 nitrogen and oxygen atoms in total. The van der Waals surface area contributed by atoms with Crippen LogP contribution in [0.5, 0.6) is 0 Å². The third-order valence-corrected chi connectivity index (χ3v) is 5.23. The van der Waals surface area contributed by atoms with Crippen molar-refractivity contribution < 1.29 is 9.53 Å². The quantitative estimate of drug-likeness (QED) is 0.378. The van der Waals surface area contributed by atoms with Gasteiger partial charge >= 0.3 is 5.97 Å². The number of carbonyl (C=O) groups excluding carboxylic acids is 1. The number of methoxy groups -OCH3 is 1. The average Bonchev–Trinajstić information content (AvgIpc) is 3.03. The highest BCUT2D eigenvalue weighted by atomic mass is 16.5. The number of guanidine groups is 1. The molecule has 1 saturated heterocycles. The van der Waals surface area contributed by atoms with Gasteiger partial charge in [0.2, 0.25) is 0 Å². The molecule has 0 radical (unpaired) electrons. The van der Waals surface area contributed by atoms with Crippen molar-refractivity contribution in [2.75, 3.05) is 33.8 Å². The molecule has 146 valence electrons. The van der Waals surface area contributed by atoms with Crippen LogP contribution in [0.15, 0.2) is 29.3 Å². The summed E-state index contributed by atoms with van der Waals surface area (Å²) in [5, 5.41) is 3.45. The molecular weight excluding hydrogens is 342 g/mol. The number of aryl methyl sites for hydroxylation is 2. The maximum atomic E-state index is 11.7. The molecule has 1 fully saturated rings. The Hall–Kier alpha value is -2.57. The van der Waals surface area contributed by atoms with Crippen LogP contribution < -0.4 is 5.32 Å². The number of hydrogen-bond acceptors (Lipinski definition) is 4. The van der Waals surface area contributed by atoms with Crippen molar-refractivity contribution >= 4 is 23.0 Å². The predicted octanol–water partition coefficient (Wildman–Crippen LogP) is 2.20. The average molecular weight is 371 g/mol. The van der Waals surface area contributed by atoms with Gasteiger partial charge in [-0.3, -0.25) is 9.79 Å². The van der Waals surface area contributed by atoms with E-state index in [1.807, 2.05) is 13.1 Å². The summed E-state index contributed by atoms with van der Waals surface area (Å²) >= 11 is 0. The number of rotatable bonds is 5. The zero-order chi connectivity index (χ0) is 19.2. The number of aliphatic imine (C=N–C) groups is 1. The minimum atomic E-state index is -0.0967. The Morgan fingerprint density at radius 3 is 2.78 bits per heavy atom. The van der Waals surface area contributed by atoms with Gasteiger partial charge in [0.1, 0.15) is 5.82 Å². The summed E-state index contributed by atoms with van der Waals surface area (Å²) < 4.78 is 7.12. The summed E-state index contributed by atoms with van der Waals surface area (Å²) in [6.45, 7) is 5.46. The molecule has 0 aliphatic carbocycles. The smallest absolute Gasteiger partial charge is 0.308 e. The van der Waals surface area contributed by atoms with Crippen LogP contribution in [0.3, 0.4) is 0 Å². The Kier molecular flexibility index (Phi) is 6.32. The molecule has 0 amide bonds. The number of fused-ring (bicyclic) bond motifs is 1. The van der Waals surface area contributed by atoms with Crippen LogP contribution in [0.4, 0.5) is 0 Å². The molecule has 0 saturated carbocycles. The number of ether oxygens (including phenoxy) is 1. The van der Waals surface area contributed by atoms with Crippen molar-refractivity contribution in [3.05, 3.63) is 30.1 Å². The van der Waals surface area contributed by atoms with E-state index in [0.29, 0.717) is 0 Å². The summed E-state index contributed by atoms with van der Waals surface area (Å²) in [6.07, 6.45) is 2.61. The summed E-state index contributed by atoms with van der Waals surface area (Å²) in [7, 11) is 3.27. The summed E-state index contributed by atoms with van der Waals surface area (Å²) in [5.41, 5.74) is 2.23. The fourth-order valence-corrected chi connectivity index (χ4v) is 3.74. The molecule has 0 bridgehead atoms. The van der Waals surface area contributed by atoms with E-state index in [-0.39, 0.29) is 11.9 Å². The second kappa shape index (κ2) is 8.88. The van der Waals surface area contributed by atoms with Gasteiger partial charge in [0, 0.05) is 33.2 Å². The highest BCUT2D eigenvalue weighted by Crippen LogP contribution is 2.18. The van der Waals surface area contributed by atoms with E-state index in [1.54, 1.807) is 0 Å². The van der Waals surface area contributed by atoms with E-state index in [9.17, 15) is 4.79 Å².